The third kappa shape index (κ3) is 2.52. The number of hydrogen-bond donors (Lipinski definition) is 1. The molecule has 2 bridgehead atoms. The van der Waals surface area contributed by atoms with E-state index >= 15 is 0 Å². The number of carbonyl (C=O) groups excluding carboxylic acids is 1. The molecule has 1 N–H and O–H groups in total. The Morgan fingerprint density at radius 2 is 1.56 bits per heavy atom. The smallest absolute Gasteiger partial charge is 0.410 e. The Morgan fingerprint density at radius 1 is 0.963 bits per heavy atom. The lowest BCUT2D eigenvalue weighted by Crippen LogP contribution is -2.61. The van der Waals surface area contributed by atoms with Gasteiger partial charge in [0, 0.05) is 12.0 Å². The average molecular weight is 363 g/mol. The van der Waals surface area contributed by atoms with Gasteiger partial charge < -0.3 is 9.84 Å². The molecule has 1 saturated carbocycles. The normalized spacial score (nSPS) is 25.3. The van der Waals surface area contributed by atoms with Crippen molar-refractivity contribution in [3.63, 3.8) is 0 Å². The van der Waals surface area contributed by atoms with Gasteiger partial charge in [0.1, 0.15) is 12.6 Å². The number of ether oxygens (including phenoxy) is 1. The van der Waals surface area contributed by atoms with Crippen molar-refractivity contribution in [2.45, 2.75) is 37.3 Å². The Hall–Kier alpha value is -2.82. The van der Waals surface area contributed by atoms with E-state index in [4.69, 9.17) is 4.74 Å². The molecular formula is C22H21NO4. The van der Waals surface area contributed by atoms with Crippen molar-refractivity contribution in [3.05, 3.63) is 59.7 Å². The molecule has 0 aromatic heterocycles. The Bertz CT molecular complexity index is 873. The number of amides is 1. The van der Waals surface area contributed by atoms with E-state index in [1.807, 2.05) is 24.3 Å². The van der Waals surface area contributed by atoms with Crippen LogP contribution < -0.4 is 0 Å². The molecule has 4 aliphatic rings. The van der Waals surface area contributed by atoms with E-state index in [2.05, 4.69) is 24.3 Å². The van der Waals surface area contributed by atoms with Crippen LogP contribution in [0.1, 0.15) is 36.3 Å². The Balaban J connectivity index is 1.37. The molecule has 2 aliphatic heterocycles. The molecule has 2 aromatic carbocycles. The monoisotopic (exact) mass is 363 g/mol. The number of fused-ring (bicyclic) bond motifs is 5. The number of piperidine rings is 2. The molecule has 2 aliphatic carbocycles. The summed E-state index contributed by atoms with van der Waals surface area (Å²) in [6.07, 6.45) is 1.84. The van der Waals surface area contributed by atoms with Gasteiger partial charge in [0.25, 0.3) is 0 Å². The van der Waals surface area contributed by atoms with Gasteiger partial charge in [-0.05, 0) is 47.4 Å². The van der Waals surface area contributed by atoms with Gasteiger partial charge >= 0.3 is 12.1 Å². The van der Waals surface area contributed by atoms with Crippen LogP contribution >= 0.6 is 0 Å². The topological polar surface area (TPSA) is 66.8 Å². The molecule has 1 atom stereocenters. The maximum absolute atomic E-state index is 12.8. The summed E-state index contributed by atoms with van der Waals surface area (Å²) in [5, 5.41) is 9.49. The maximum atomic E-state index is 12.8. The van der Waals surface area contributed by atoms with Crippen molar-refractivity contribution < 1.29 is 19.4 Å². The lowest BCUT2D eigenvalue weighted by molar-refractivity contribution is -0.150. The fourth-order valence-electron chi connectivity index (χ4n) is 4.97. The minimum absolute atomic E-state index is 0.0106. The molecule has 2 saturated heterocycles. The number of carboxylic acids is 1. The Labute approximate surface area is 157 Å². The van der Waals surface area contributed by atoms with Crippen LogP contribution in [0, 0.1) is 5.92 Å². The average Bonchev–Trinajstić information content (AvgIpc) is 2.99. The molecule has 27 heavy (non-hydrogen) atoms. The molecular weight excluding hydrogens is 342 g/mol. The van der Waals surface area contributed by atoms with Crippen LogP contribution in [0.3, 0.4) is 0 Å². The number of carboxylic acid groups (broad SMARTS) is 1. The highest BCUT2D eigenvalue weighted by atomic mass is 16.6. The molecule has 138 valence electrons. The van der Waals surface area contributed by atoms with E-state index in [0.717, 1.165) is 24.0 Å². The number of rotatable bonds is 3. The minimum Gasteiger partial charge on any atom is -0.480 e. The van der Waals surface area contributed by atoms with E-state index in [1.54, 1.807) is 0 Å². The third-order valence-electron chi connectivity index (χ3n) is 6.33. The Morgan fingerprint density at radius 3 is 2.15 bits per heavy atom. The first-order chi connectivity index (χ1) is 13.1. The SMILES string of the molecule is O=C(O)C1CC2CC(C2)N1C(=O)OCC1c2ccccc2-c2ccccc21. The lowest BCUT2D eigenvalue weighted by atomic mass is 9.71. The van der Waals surface area contributed by atoms with E-state index < -0.39 is 18.1 Å². The molecule has 1 amide bonds. The zero-order valence-electron chi connectivity index (χ0n) is 14.9. The fraction of sp³-hybridized carbons (Fsp3) is 0.364. The number of carbonyl (C=O) groups is 2. The predicted molar refractivity (Wildman–Crippen MR) is 99.5 cm³/mol. The van der Waals surface area contributed by atoms with Gasteiger partial charge in [-0.1, -0.05) is 48.5 Å². The molecule has 6 rings (SSSR count). The fourth-order valence-corrected chi connectivity index (χ4v) is 4.97. The van der Waals surface area contributed by atoms with Gasteiger partial charge in [-0.15, -0.1) is 0 Å². The second kappa shape index (κ2) is 6.12. The largest absolute Gasteiger partial charge is 0.480 e. The van der Waals surface area contributed by atoms with Gasteiger partial charge in [-0.3, -0.25) is 4.90 Å². The first-order valence-electron chi connectivity index (χ1n) is 9.49. The predicted octanol–water partition coefficient (Wildman–Crippen LogP) is 3.87. The molecule has 2 heterocycles. The van der Waals surface area contributed by atoms with Gasteiger partial charge in [0.15, 0.2) is 0 Å². The molecule has 5 nitrogen and oxygen atoms in total. The highest BCUT2D eigenvalue weighted by Crippen LogP contribution is 2.45. The van der Waals surface area contributed by atoms with E-state index in [9.17, 15) is 14.7 Å². The third-order valence-corrected chi connectivity index (χ3v) is 6.33. The number of benzene rings is 2. The summed E-state index contributed by atoms with van der Waals surface area (Å²) in [7, 11) is 0. The van der Waals surface area contributed by atoms with Crippen molar-refractivity contribution in [1.29, 1.82) is 0 Å². The zero-order chi connectivity index (χ0) is 18.5. The zero-order valence-corrected chi connectivity index (χ0v) is 14.9. The standard InChI is InChI=1S/C22H21NO4/c24-21(25)20-11-13-9-14(10-13)23(20)22(26)27-12-19-17-7-3-1-5-15(17)16-6-2-4-8-18(16)19/h1-8,13-14,19-20H,9-12H2,(H,24,25). The van der Waals surface area contributed by atoms with Crippen molar-refractivity contribution in [3.8, 4) is 11.1 Å². The van der Waals surface area contributed by atoms with Crippen LogP contribution in [0.2, 0.25) is 0 Å². The number of hydrogen-bond acceptors (Lipinski definition) is 3. The van der Waals surface area contributed by atoms with Crippen LogP contribution in [-0.4, -0.2) is 40.8 Å². The quantitative estimate of drug-likeness (QED) is 0.899. The van der Waals surface area contributed by atoms with Gasteiger partial charge in [0.2, 0.25) is 0 Å². The molecule has 2 aromatic rings. The molecule has 0 radical (unpaired) electrons. The van der Waals surface area contributed by atoms with E-state index in [0.29, 0.717) is 12.3 Å². The summed E-state index contributed by atoms with van der Waals surface area (Å²) in [5.41, 5.74) is 4.67. The Kier molecular flexibility index (Phi) is 3.71. The summed E-state index contributed by atoms with van der Waals surface area (Å²) >= 11 is 0. The van der Waals surface area contributed by atoms with E-state index in [-0.39, 0.29) is 18.6 Å². The van der Waals surface area contributed by atoms with Crippen molar-refractivity contribution in [2.24, 2.45) is 5.92 Å². The lowest BCUT2D eigenvalue weighted by Gasteiger charge is -2.51. The summed E-state index contributed by atoms with van der Waals surface area (Å²) in [6, 6.07) is 15.6. The maximum Gasteiger partial charge on any atom is 0.410 e. The first kappa shape index (κ1) is 16.4. The number of aliphatic carboxylic acids is 1. The second-order valence-corrected chi connectivity index (χ2v) is 7.79. The first-order valence-corrected chi connectivity index (χ1v) is 9.49. The minimum atomic E-state index is -0.932. The number of nitrogens with zero attached hydrogens (tertiary/aromatic N) is 1. The van der Waals surface area contributed by atoms with Crippen molar-refractivity contribution in [1.82, 2.24) is 4.90 Å². The highest BCUT2D eigenvalue weighted by Gasteiger charge is 2.49. The van der Waals surface area contributed by atoms with Crippen LogP contribution in [0.15, 0.2) is 48.5 Å². The van der Waals surface area contributed by atoms with Gasteiger partial charge in [0.05, 0.1) is 0 Å². The van der Waals surface area contributed by atoms with Crippen LogP contribution in [0.25, 0.3) is 11.1 Å². The van der Waals surface area contributed by atoms with Crippen LogP contribution in [-0.2, 0) is 9.53 Å². The second-order valence-electron chi connectivity index (χ2n) is 7.79. The van der Waals surface area contributed by atoms with Crippen LogP contribution in [0.4, 0.5) is 4.79 Å². The van der Waals surface area contributed by atoms with Gasteiger partial charge in [-0.25, -0.2) is 9.59 Å². The summed E-state index contributed by atoms with van der Waals surface area (Å²) in [5.74, 6) is -0.504. The molecule has 3 fully saturated rings. The van der Waals surface area contributed by atoms with E-state index in [1.165, 1.54) is 16.0 Å². The molecule has 1 unspecified atom stereocenters. The van der Waals surface area contributed by atoms with Crippen LogP contribution in [0.5, 0.6) is 0 Å². The summed E-state index contributed by atoms with van der Waals surface area (Å²) < 4.78 is 5.68. The molecule has 5 heteroatoms. The highest BCUT2D eigenvalue weighted by molar-refractivity contribution is 5.82. The summed E-state index contributed by atoms with van der Waals surface area (Å²) in [6.45, 7) is 0.228. The summed E-state index contributed by atoms with van der Waals surface area (Å²) in [4.78, 5) is 25.8. The van der Waals surface area contributed by atoms with Crippen molar-refractivity contribution in [2.75, 3.05) is 6.61 Å². The molecule has 0 spiro atoms. The van der Waals surface area contributed by atoms with Gasteiger partial charge in [-0.2, -0.15) is 0 Å². The van der Waals surface area contributed by atoms with Crippen molar-refractivity contribution >= 4 is 12.1 Å².